The Labute approximate surface area is 120 Å². The molecule has 108 valence electrons. The average molecular weight is 273 g/mol. The van der Waals surface area contributed by atoms with Gasteiger partial charge in [-0.1, -0.05) is 19.1 Å². The second-order valence-electron chi connectivity index (χ2n) is 5.97. The number of fused-ring (bicyclic) bond motifs is 1. The molecule has 20 heavy (non-hydrogen) atoms. The maximum Gasteiger partial charge on any atom is 0.321 e. The zero-order valence-electron chi connectivity index (χ0n) is 12.1. The molecule has 0 spiro atoms. The van der Waals surface area contributed by atoms with Crippen LogP contribution in [0.1, 0.15) is 30.9 Å². The van der Waals surface area contributed by atoms with E-state index in [9.17, 15) is 4.79 Å². The molecule has 0 bridgehead atoms. The Morgan fingerprint density at radius 2 is 2.15 bits per heavy atom. The SMILES string of the molecule is CC1CCN(C(=O)Nc2cccc3c2CNCC3)CC1. The summed E-state index contributed by atoms with van der Waals surface area (Å²) in [5.74, 6) is 0.743. The summed E-state index contributed by atoms with van der Waals surface area (Å²) in [6, 6.07) is 6.26. The number of hydrogen-bond donors (Lipinski definition) is 2. The number of hydrogen-bond acceptors (Lipinski definition) is 2. The zero-order chi connectivity index (χ0) is 13.9. The van der Waals surface area contributed by atoms with Crippen LogP contribution in [0.5, 0.6) is 0 Å². The average Bonchev–Trinajstić information content (AvgIpc) is 2.48. The molecule has 0 unspecified atom stereocenters. The van der Waals surface area contributed by atoms with E-state index in [-0.39, 0.29) is 6.03 Å². The maximum absolute atomic E-state index is 12.4. The summed E-state index contributed by atoms with van der Waals surface area (Å²) >= 11 is 0. The van der Waals surface area contributed by atoms with Crippen molar-refractivity contribution in [1.29, 1.82) is 0 Å². The third-order valence-corrected chi connectivity index (χ3v) is 4.46. The maximum atomic E-state index is 12.4. The number of urea groups is 1. The molecule has 2 N–H and O–H groups in total. The van der Waals surface area contributed by atoms with Crippen molar-refractivity contribution in [2.45, 2.75) is 32.7 Å². The second-order valence-corrected chi connectivity index (χ2v) is 5.97. The van der Waals surface area contributed by atoms with Crippen LogP contribution in [-0.2, 0) is 13.0 Å². The molecule has 1 fully saturated rings. The first kappa shape index (κ1) is 13.4. The van der Waals surface area contributed by atoms with E-state index in [4.69, 9.17) is 0 Å². The number of piperidine rings is 1. The summed E-state index contributed by atoms with van der Waals surface area (Å²) in [7, 11) is 0. The van der Waals surface area contributed by atoms with Gasteiger partial charge in [-0.15, -0.1) is 0 Å². The lowest BCUT2D eigenvalue weighted by molar-refractivity contribution is 0.186. The summed E-state index contributed by atoms with van der Waals surface area (Å²) in [6.07, 6.45) is 3.27. The minimum Gasteiger partial charge on any atom is -0.325 e. The number of nitrogens with zero attached hydrogens (tertiary/aromatic N) is 1. The monoisotopic (exact) mass is 273 g/mol. The summed E-state index contributed by atoms with van der Waals surface area (Å²) < 4.78 is 0. The van der Waals surface area contributed by atoms with E-state index in [1.165, 1.54) is 11.1 Å². The second kappa shape index (κ2) is 5.83. The first-order valence-electron chi connectivity index (χ1n) is 7.61. The fourth-order valence-corrected chi connectivity index (χ4v) is 3.04. The lowest BCUT2D eigenvalue weighted by atomic mass is 9.99. The normalized spacial score (nSPS) is 19.6. The van der Waals surface area contributed by atoms with Crippen molar-refractivity contribution >= 4 is 11.7 Å². The number of carbonyl (C=O) groups excluding carboxylic acids is 1. The number of benzene rings is 1. The standard InChI is InChI=1S/C16H23N3O/c1-12-6-9-19(10-7-12)16(20)18-15-4-2-3-13-5-8-17-11-14(13)15/h2-4,12,17H,5-11H2,1H3,(H,18,20). The molecule has 1 aromatic rings. The molecule has 0 aliphatic carbocycles. The van der Waals surface area contributed by atoms with Crippen molar-refractivity contribution in [3.05, 3.63) is 29.3 Å². The molecule has 2 aliphatic rings. The molecule has 4 nitrogen and oxygen atoms in total. The Morgan fingerprint density at radius 3 is 2.95 bits per heavy atom. The largest absolute Gasteiger partial charge is 0.325 e. The molecule has 0 atom stereocenters. The van der Waals surface area contributed by atoms with Crippen LogP contribution in [0.15, 0.2) is 18.2 Å². The third-order valence-electron chi connectivity index (χ3n) is 4.46. The van der Waals surface area contributed by atoms with Gasteiger partial charge in [0.2, 0.25) is 0 Å². The van der Waals surface area contributed by atoms with Crippen molar-refractivity contribution in [3.63, 3.8) is 0 Å². The van der Waals surface area contributed by atoms with Crippen LogP contribution in [0.3, 0.4) is 0 Å². The number of amides is 2. The van der Waals surface area contributed by atoms with Gasteiger partial charge in [-0.3, -0.25) is 0 Å². The Kier molecular flexibility index (Phi) is 3.92. The molecule has 2 amide bonds. The van der Waals surface area contributed by atoms with Crippen LogP contribution in [0, 0.1) is 5.92 Å². The van der Waals surface area contributed by atoms with Gasteiger partial charge >= 0.3 is 6.03 Å². The molecule has 1 saturated heterocycles. The fourth-order valence-electron chi connectivity index (χ4n) is 3.04. The van der Waals surface area contributed by atoms with E-state index in [0.29, 0.717) is 0 Å². The van der Waals surface area contributed by atoms with E-state index in [1.54, 1.807) is 0 Å². The quantitative estimate of drug-likeness (QED) is 0.826. The first-order valence-corrected chi connectivity index (χ1v) is 7.61. The van der Waals surface area contributed by atoms with Gasteiger partial charge in [-0.25, -0.2) is 4.79 Å². The zero-order valence-corrected chi connectivity index (χ0v) is 12.1. The summed E-state index contributed by atoms with van der Waals surface area (Å²) in [6.45, 7) is 5.88. The lowest BCUT2D eigenvalue weighted by Crippen LogP contribution is -2.41. The Balaban J connectivity index is 1.70. The van der Waals surface area contributed by atoms with E-state index in [1.807, 2.05) is 17.0 Å². The third kappa shape index (κ3) is 2.80. The number of carbonyl (C=O) groups is 1. The van der Waals surface area contributed by atoms with Gasteiger partial charge in [0.25, 0.3) is 0 Å². The van der Waals surface area contributed by atoms with Crippen molar-refractivity contribution in [3.8, 4) is 0 Å². The molecule has 0 saturated carbocycles. The highest BCUT2D eigenvalue weighted by Crippen LogP contribution is 2.24. The van der Waals surface area contributed by atoms with Gasteiger partial charge in [0.1, 0.15) is 0 Å². The summed E-state index contributed by atoms with van der Waals surface area (Å²) in [4.78, 5) is 14.3. The van der Waals surface area contributed by atoms with Crippen molar-refractivity contribution < 1.29 is 4.79 Å². The fraction of sp³-hybridized carbons (Fsp3) is 0.562. The summed E-state index contributed by atoms with van der Waals surface area (Å²) in [5, 5.41) is 6.48. The Bertz CT molecular complexity index is 492. The van der Waals surface area contributed by atoms with Gasteiger partial charge in [0, 0.05) is 25.3 Å². The summed E-state index contributed by atoms with van der Waals surface area (Å²) in [5.41, 5.74) is 3.57. The molecule has 1 aromatic carbocycles. The Morgan fingerprint density at radius 1 is 1.35 bits per heavy atom. The van der Waals surface area contributed by atoms with E-state index in [0.717, 1.165) is 57.0 Å². The van der Waals surface area contributed by atoms with E-state index >= 15 is 0 Å². The molecule has 2 heterocycles. The number of nitrogens with one attached hydrogen (secondary N) is 2. The van der Waals surface area contributed by atoms with Crippen molar-refractivity contribution in [2.75, 3.05) is 25.0 Å². The van der Waals surface area contributed by atoms with Gasteiger partial charge < -0.3 is 15.5 Å². The minimum atomic E-state index is 0.0517. The topological polar surface area (TPSA) is 44.4 Å². The number of likely N-dealkylation sites (tertiary alicyclic amines) is 1. The highest BCUT2D eigenvalue weighted by atomic mass is 16.2. The Hall–Kier alpha value is -1.55. The van der Waals surface area contributed by atoms with E-state index < -0.39 is 0 Å². The van der Waals surface area contributed by atoms with Gasteiger partial charge in [0.05, 0.1) is 0 Å². The van der Waals surface area contributed by atoms with Crippen LogP contribution in [0.2, 0.25) is 0 Å². The highest BCUT2D eigenvalue weighted by Gasteiger charge is 2.21. The molecular formula is C16H23N3O. The molecule has 2 aliphatic heterocycles. The van der Waals surface area contributed by atoms with Gasteiger partial charge in [-0.2, -0.15) is 0 Å². The lowest BCUT2D eigenvalue weighted by Gasteiger charge is -2.31. The van der Waals surface area contributed by atoms with Crippen LogP contribution >= 0.6 is 0 Å². The van der Waals surface area contributed by atoms with Crippen LogP contribution in [-0.4, -0.2) is 30.6 Å². The molecule has 3 rings (SSSR count). The molecular weight excluding hydrogens is 250 g/mol. The van der Waals surface area contributed by atoms with Crippen LogP contribution in [0.25, 0.3) is 0 Å². The molecule has 0 aromatic heterocycles. The van der Waals surface area contributed by atoms with Gasteiger partial charge in [0.15, 0.2) is 0 Å². The predicted molar refractivity (Wildman–Crippen MR) is 80.8 cm³/mol. The molecule has 4 heteroatoms. The first-order chi connectivity index (χ1) is 9.74. The van der Waals surface area contributed by atoms with Crippen LogP contribution in [0.4, 0.5) is 10.5 Å². The van der Waals surface area contributed by atoms with E-state index in [2.05, 4.69) is 23.6 Å². The number of anilines is 1. The predicted octanol–water partition coefficient (Wildman–Crippen LogP) is 2.60. The highest BCUT2D eigenvalue weighted by molar-refractivity contribution is 5.90. The van der Waals surface area contributed by atoms with Gasteiger partial charge in [-0.05, 0) is 48.9 Å². The van der Waals surface area contributed by atoms with Crippen molar-refractivity contribution in [1.82, 2.24) is 10.2 Å². The smallest absolute Gasteiger partial charge is 0.321 e. The van der Waals surface area contributed by atoms with Crippen molar-refractivity contribution in [2.24, 2.45) is 5.92 Å². The van der Waals surface area contributed by atoms with Crippen LogP contribution < -0.4 is 10.6 Å². The number of rotatable bonds is 1. The molecule has 0 radical (unpaired) electrons. The minimum absolute atomic E-state index is 0.0517.